The molecule has 126 valence electrons. The molecule has 1 aromatic carbocycles. The Hall–Kier alpha value is -1.59. The topological polar surface area (TPSA) is 67.8 Å². The molecule has 1 atom stereocenters. The van der Waals surface area contributed by atoms with Crippen molar-refractivity contribution in [2.24, 2.45) is 5.92 Å². The number of carbonyl (C=O) groups excluding carboxylic acids is 1. The van der Waals surface area contributed by atoms with Gasteiger partial charge < -0.3 is 19.9 Å². The quantitative estimate of drug-likeness (QED) is 0.839. The van der Waals surface area contributed by atoms with Gasteiger partial charge in [0.1, 0.15) is 5.75 Å². The van der Waals surface area contributed by atoms with Crippen molar-refractivity contribution < 1.29 is 19.4 Å². The zero-order valence-electron chi connectivity index (χ0n) is 14.0. The highest BCUT2D eigenvalue weighted by atomic mass is 16.7. The minimum atomic E-state index is -0.726. The van der Waals surface area contributed by atoms with E-state index in [4.69, 9.17) is 9.47 Å². The second kappa shape index (κ2) is 6.13. The summed E-state index contributed by atoms with van der Waals surface area (Å²) in [6, 6.07) is 3.57. The van der Waals surface area contributed by atoms with Crippen LogP contribution in [0.3, 0.4) is 0 Å². The average molecular weight is 319 g/mol. The third-order valence-electron chi connectivity index (χ3n) is 4.90. The lowest BCUT2D eigenvalue weighted by Gasteiger charge is -2.28. The Kier molecular flexibility index (Phi) is 4.34. The molecule has 1 amide bonds. The van der Waals surface area contributed by atoms with E-state index >= 15 is 0 Å². The molecule has 5 heteroatoms. The number of hydrogen-bond acceptors (Lipinski definition) is 4. The number of hydrogen-bond donors (Lipinski definition) is 2. The number of anilines is 1. The standard InChI is InChI=1S/C18H25NO4/c1-11(2)13-10-15(12(3)9-16(13)20)19-17(21)14-5-4-6-18(14)22-7-8-23-18/h9-11,14,20H,4-8H2,1-3H3,(H,19,21)/t14-/m0/s1. The van der Waals surface area contributed by atoms with Crippen LogP contribution in [0.1, 0.15) is 50.2 Å². The van der Waals surface area contributed by atoms with Gasteiger partial charge >= 0.3 is 0 Å². The highest BCUT2D eigenvalue weighted by Gasteiger charge is 2.51. The summed E-state index contributed by atoms with van der Waals surface area (Å²) in [5.41, 5.74) is 2.43. The average Bonchev–Trinajstić information content (AvgIpc) is 3.12. The predicted molar refractivity (Wildman–Crippen MR) is 87.5 cm³/mol. The third kappa shape index (κ3) is 2.95. The SMILES string of the molecule is Cc1cc(O)c(C(C)C)cc1NC(=O)[C@@H]1CCCC12OCCO2. The maximum atomic E-state index is 12.8. The third-order valence-corrected chi connectivity index (χ3v) is 4.90. The van der Waals surface area contributed by atoms with E-state index in [0.29, 0.717) is 13.2 Å². The van der Waals surface area contributed by atoms with Crippen molar-refractivity contribution in [3.63, 3.8) is 0 Å². The van der Waals surface area contributed by atoms with Gasteiger partial charge in [0.2, 0.25) is 5.91 Å². The second-order valence-corrected chi connectivity index (χ2v) is 6.82. The molecular formula is C18H25NO4. The first-order chi connectivity index (χ1) is 10.9. The lowest BCUT2D eigenvalue weighted by atomic mass is 9.98. The van der Waals surface area contributed by atoms with Crippen LogP contribution in [-0.4, -0.2) is 30.0 Å². The van der Waals surface area contributed by atoms with Crippen LogP contribution in [0.25, 0.3) is 0 Å². The Morgan fingerprint density at radius 3 is 2.70 bits per heavy atom. The fourth-order valence-corrected chi connectivity index (χ4v) is 3.62. The number of ether oxygens (including phenoxy) is 2. The van der Waals surface area contributed by atoms with Crippen LogP contribution in [0, 0.1) is 12.8 Å². The van der Waals surface area contributed by atoms with Gasteiger partial charge in [-0.2, -0.15) is 0 Å². The van der Waals surface area contributed by atoms with Gasteiger partial charge in [-0.3, -0.25) is 4.79 Å². The van der Waals surface area contributed by atoms with E-state index in [0.717, 1.165) is 36.1 Å². The Morgan fingerprint density at radius 2 is 2.04 bits per heavy atom. The van der Waals surface area contributed by atoms with Gasteiger partial charge in [-0.1, -0.05) is 13.8 Å². The van der Waals surface area contributed by atoms with Crippen molar-refractivity contribution >= 4 is 11.6 Å². The molecule has 1 aromatic rings. The van der Waals surface area contributed by atoms with Crippen molar-refractivity contribution in [1.29, 1.82) is 0 Å². The number of aryl methyl sites for hydroxylation is 1. The van der Waals surface area contributed by atoms with E-state index in [1.54, 1.807) is 6.07 Å². The molecule has 1 aliphatic heterocycles. The van der Waals surface area contributed by atoms with E-state index < -0.39 is 5.79 Å². The molecule has 3 rings (SSSR count). The number of phenols is 1. The summed E-state index contributed by atoms with van der Waals surface area (Å²) in [6.45, 7) is 7.02. The van der Waals surface area contributed by atoms with Crippen molar-refractivity contribution in [3.05, 3.63) is 23.3 Å². The molecule has 0 unspecified atom stereocenters. The van der Waals surface area contributed by atoms with Crippen molar-refractivity contribution in [2.75, 3.05) is 18.5 Å². The minimum absolute atomic E-state index is 0.0621. The maximum Gasteiger partial charge on any atom is 0.232 e. The summed E-state index contributed by atoms with van der Waals surface area (Å²) >= 11 is 0. The van der Waals surface area contributed by atoms with E-state index in [2.05, 4.69) is 5.32 Å². The molecule has 1 spiro atoms. The summed E-state index contributed by atoms with van der Waals surface area (Å²) in [6.07, 6.45) is 2.49. The van der Waals surface area contributed by atoms with Crippen molar-refractivity contribution in [2.45, 2.75) is 51.7 Å². The van der Waals surface area contributed by atoms with Crippen LogP contribution in [0.4, 0.5) is 5.69 Å². The minimum Gasteiger partial charge on any atom is -0.508 e. The summed E-state index contributed by atoms with van der Waals surface area (Å²) in [4.78, 5) is 12.8. The normalized spacial score (nSPS) is 22.9. The molecule has 1 aliphatic carbocycles. The number of aromatic hydroxyl groups is 1. The van der Waals surface area contributed by atoms with Crippen LogP contribution < -0.4 is 5.32 Å². The lowest BCUT2D eigenvalue weighted by molar-refractivity contribution is -0.184. The molecule has 0 aromatic heterocycles. The van der Waals surface area contributed by atoms with Crippen LogP contribution in [0.15, 0.2) is 12.1 Å². The second-order valence-electron chi connectivity index (χ2n) is 6.82. The van der Waals surface area contributed by atoms with Gasteiger partial charge in [0, 0.05) is 12.1 Å². The van der Waals surface area contributed by atoms with E-state index in [1.807, 2.05) is 26.8 Å². The first kappa shape index (κ1) is 16.3. The monoisotopic (exact) mass is 319 g/mol. The highest BCUT2D eigenvalue weighted by molar-refractivity contribution is 5.94. The van der Waals surface area contributed by atoms with Crippen LogP contribution in [0.5, 0.6) is 5.75 Å². The molecule has 2 aliphatic rings. The molecule has 23 heavy (non-hydrogen) atoms. The van der Waals surface area contributed by atoms with Gasteiger partial charge in [-0.15, -0.1) is 0 Å². The number of benzene rings is 1. The van der Waals surface area contributed by atoms with Gasteiger partial charge in [0.25, 0.3) is 0 Å². The molecule has 1 saturated carbocycles. The zero-order valence-corrected chi connectivity index (χ0v) is 14.0. The van der Waals surface area contributed by atoms with Gasteiger partial charge in [0.05, 0.1) is 19.1 Å². The first-order valence-electron chi connectivity index (χ1n) is 8.35. The molecule has 5 nitrogen and oxygen atoms in total. The fourth-order valence-electron chi connectivity index (χ4n) is 3.62. The Bertz CT molecular complexity index is 600. The number of phenolic OH excluding ortho intramolecular Hbond substituents is 1. The molecule has 2 N–H and O–H groups in total. The van der Waals surface area contributed by atoms with Gasteiger partial charge in [0.15, 0.2) is 5.79 Å². The highest BCUT2D eigenvalue weighted by Crippen LogP contribution is 2.43. The van der Waals surface area contributed by atoms with E-state index in [-0.39, 0.29) is 23.5 Å². The number of carbonyl (C=O) groups is 1. The Morgan fingerprint density at radius 1 is 1.35 bits per heavy atom. The van der Waals surface area contributed by atoms with E-state index in [9.17, 15) is 9.90 Å². The predicted octanol–water partition coefficient (Wildman–Crippen LogP) is 3.31. The molecule has 0 bridgehead atoms. The Balaban J connectivity index is 1.81. The number of rotatable bonds is 3. The summed E-state index contributed by atoms with van der Waals surface area (Å²) in [5.74, 6) is -0.607. The van der Waals surface area contributed by atoms with Crippen molar-refractivity contribution in [1.82, 2.24) is 0 Å². The largest absolute Gasteiger partial charge is 0.508 e. The molecule has 1 heterocycles. The molecule has 2 fully saturated rings. The fraction of sp³-hybridized carbons (Fsp3) is 0.611. The van der Waals surface area contributed by atoms with Crippen LogP contribution >= 0.6 is 0 Å². The number of nitrogens with one attached hydrogen (secondary N) is 1. The Labute approximate surface area is 137 Å². The summed E-state index contributed by atoms with van der Waals surface area (Å²) in [5, 5.41) is 13.1. The molecule has 1 saturated heterocycles. The summed E-state index contributed by atoms with van der Waals surface area (Å²) < 4.78 is 11.5. The van der Waals surface area contributed by atoms with Gasteiger partial charge in [-0.25, -0.2) is 0 Å². The number of amides is 1. The summed E-state index contributed by atoms with van der Waals surface area (Å²) in [7, 11) is 0. The van der Waals surface area contributed by atoms with E-state index in [1.165, 1.54) is 0 Å². The zero-order chi connectivity index (χ0) is 16.6. The van der Waals surface area contributed by atoms with Crippen molar-refractivity contribution in [3.8, 4) is 5.75 Å². The molecular weight excluding hydrogens is 294 g/mol. The van der Waals surface area contributed by atoms with Gasteiger partial charge in [-0.05, 0) is 48.9 Å². The van der Waals surface area contributed by atoms with Crippen LogP contribution in [-0.2, 0) is 14.3 Å². The van der Waals surface area contributed by atoms with Crippen LogP contribution in [0.2, 0.25) is 0 Å². The molecule has 0 radical (unpaired) electrons. The first-order valence-corrected chi connectivity index (χ1v) is 8.35. The lowest BCUT2D eigenvalue weighted by Crippen LogP contribution is -2.41. The smallest absolute Gasteiger partial charge is 0.232 e. The maximum absolute atomic E-state index is 12.8.